The zero-order valence-corrected chi connectivity index (χ0v) is 5.94. The molecule has 0 unspecified atom stereocenters. The third-order valence-electron chi connectivity index (χ3n) is 0.972. The number of rotatable bonds is 3. The predicted molar refractivity (Wildman–Crippen MR) is 35.7 cm³/mol. The highest BCUT2D eigenvalue weighted by molar-refractivity contribution is 5.92. The lowest BCUT2D eigenvalue weighted by Gasteiger charge is -1.95. The van der Waals surface area contributed by atoms with Gasteiger partial charge in [0.1, 0.15) is 0 Å². The molecule has 0 atom stereocenters. The molecule has 2 amide bonds. The molecule has 64 valence electrons. The van der Waals surface area contributed by atoms with E-state index in [2.05, 4.69) is 25.9 Å². The van der Waals surface area contributed by atoms with Gasteiger partial charge in [-0.2, -0.15) is 5.21 Å². The minimum Gasteiger partial charge on any atom is -0.368 e. The lowest BCUT2D eigenvalue weighted by atomic mass is 10.5. The molecule has 0 spiro atoms. The van der Waals surface area contributed by atoms with E-state index in [1.165, 1.54) is 0 Å². The van der Waals surface area contributed by atoms with Gasteiger partial charge >= 0.3 is 0 Å². The Morgan fingerprint density at radius 3 is 2.83 bits per heavy atom. The monoisotopic (exact) mass is 170 g/mol. The number of aromatic nitrogens is 4. The smallest absolute Gasteiger partial charge is 0.293 e. The van der Waals surface area contributed by atoms with E-state index >= 15 is 0 Å². The maximum Gasteiger partial charge on any atom is 0.293 e. The van der Waals surface area contributed by atoms with Crippen molar-refractivity contribution in [1.29, 1.82) is 0 Å². The van der Waals surface area contributed by atoms with E-state index in [0.29, 0.717) is 0 Å². The topological polar surface area (TPSA) is 127 Å². The highest BCUT2D eigenvalue weighted by Gasteiger charge is 2.09. The van der Waals surface area contributed by atoms with E-state index < -0.39 is 11.8 Å². The normalized spacial score (nSPS) is 9.33. The van der Waals surface area contributed by atoms with Crippen molar-refractivity contribution in [2.75, 3.05) is 6.54 Å². The minimum atomic E-state index is -0.633. The van der Waals surface area contributed by atoms with Gasteiger partial charge in [0.25, 0.3) is 11.7 Å². The summed E-state index contributed by atoms with van der Waals surface area (Å²) < 4.78 is 0. The van der Waals surface area contributed by atoms with Crippen molar-refractivity contribution in [2.24, 2.45) is 5.73 Å². The summed E-state index contributed by atoms with van der Waals surface area (Å²) in [6.45, 7) is -0.243. The van der Waals surface area contributed by atoms with Crippen LogP contribution in [0.25, 0.3) is 0 Å². The number of amides is 2. The fourth-order valence-electron chi connectivity index (χ4n) is 0.504. The first-order valence-electron chi connectivity index (χ1n) is 3.00. The first kappa shape index (κ1) is 8.11. The Hall–Kier alpha value is -1.99. The second-order valence-electron chi connectivity index (χ2n) is 1.88. The third-order valence-corrected chi connectivity index (χ3v) is 0.972. The molecule has 4 N–H and O–H groups in total. The van der Waals surface area contributed by atoms with Crippen molar-refractivity contribution >= 4 is 11.8 Å². The number of tetrazole rings is 1. The molecule has 0 aliphatic carbocycles. The van der Waals surface area contributed by atoms with E-state index in [0.717, 1.165) is 0 Å². The van der Waals surface area contributed by atoms with Crippen molar-refractivity contribution in [2.45, 2.75) is 0 Å². The van der Waals surface area contributed by atoms with Crippen LogP contribution in [0, 0.1) is 0 Å². The van der Waals surface area contributed by atoms with Crippen molar-refractivity contribution in [3.63, 3.8) is 0 Å². The number of H-pyrrole nitrogens is 1. The average Bonchev–Trinajstić information content (AvgIpc) is 2.51. The first-order chi connectivity index (χ1) is 5.70. The van der Waals surface area contributed by atoms with Crippen LogP contribution in [0.4, 0.5) is 0 Å². The molecule has 1 rings (SSSR count). The summed E-state index contributed by atoms with van der Waals surface area (Å²) in [7, 11) is 0. The second-order valence-corrected chi connectivity index (χ2v) is 1.88. The van der Waals surface area contributed by atoms with Crippen LogP contribution in [0.15, 0.2) is 0 Å². The van der Waals surface area contributed by atoms with Gasteiger partial charge in [-0.15, -0.1) is 10.2 Å². The lowest BCUT2D eigenvalue weighted by molar-refractivity contribution is -0.117. The van der Waals surface area contributed by atoms with Crippen LogP contribution in [0.1, 0.15) is 10.6 Å². The van der Waals surface area contributed by atoms with E-state index in [9.17, 15) is 9.59 Å². The van der Waals surface area contributed by atoms with E-state index in [-0.39, 0.29) is 12.4 Å². The standard InChI is InChI=1S/C4H6N6O2/c5-2(11)1-6-4(12)3-7-9-10-8-3/h1H2,(H2,5,11)(H,6,12)(H,7,8,9,10). The Bertz CT molecular complexity index is 280. The molecule has 0 aliphatic heterocycles. The molecular formula is C4H6N6O2. The zero-order chi connectivity index (χ0) is 8.97. The highest BCUT2D eigenvalue weighted by Crippen LogP contribution is 1.80. The van der Waals surface area contributed by atoms with Crippen molar-refractivity contribution in [3.8, 4) is 0 Å². The Balaban J connectivity index is 2.45. The van der Waals surface area contributed by atoms with Gasteiger partial charge < -0.3 is 11.1 Å². The van der Waals surface area contributed by atoms with Gasteiger partial charge in [-0.05, 0) is 5.21 Å². The van der Waals surface area contributed by atoms with Crippen LogP contribution in [0.3, 0.4) is 0 Å². The molecule has 12 heavy (non-hydrogen) atoms. The quantitative estimate of drug-likeness (QED) is 0.459. The van der Waals surface area contributed by atoms with Gasteiger partial charge in [0, 0.05) is 0 Å². The number of hydrogen-bond acceptors (Lipinski definition) is 5. The molecule has 1 heterocycles. The molecule has 8 heteroatoms. The fourth-order valence-corrected chi connectivity index (χ4v) is 0.504. The Morgan fingerprint density at radius 2 is 2.33 bits per heavy atom. The Morgan fingerprint density at radius 1 is 1.58 bits per heavy atom. The fraction of sp³-hybridized carbons (Fsp3) is 0.250. The Kier molecular flexibility index (Phi) is 2.31. The lowest BCUT2D eigenvalue weighted by Crippen LogP contribution is -2.33. The molecule has 0 saturated carbocycles. The summed E-state index contributed by atoms with van der Waals surface area (Å²) in [5, 5.41) is 14.2. The SMILES string of the molecule is NC(=O)CNC(=O)c1nn[nH]n1. The molecule has 0 fully saturated rings. The summed E-state index contributed by atoms with van der Waals surface area (Å²) in [5.74, 6) is -1.36. The van der Waals surface area contributed by atoms with Crippen LogP contribution in [-0.2, 0) is 4.79 Å². The number of nitrogens with one attached hydrogen (secondary N) is 2. The summed E-state index contributed by atoms with van der Waals surface area (Å²) in [6, 6.07) is 0. The molecule has 0 saturated heterocycles. The molecule has 1 aromatic heterocycles. The largest absolute Gasteiger partial charge is 0.368 e. The average molecular weight is 170 g/mol. The van der Waals surface area contributed by atoms with Gasteiger partial charge in [-0.25, -0.2) is 0 Å². The van der Waals surface area contributed by atoms with Crippen LogP contribution in [-0.4, -0.2) is 39.0 Å². The van der Waals surface area contributed by atoms with Gasteiger partial charge in [0.2, 0.25) is 5.91 Å². The van der Waals surface area contributed by atoms with Crippen molar-refractivity contribution < 1.29 is 9.59 Å². The van der Waals surface area contributed by atoms with Gasteiger partial charge in [-0.3, -0.25) is 9.59 Å². The van der Waals surface area contributed by atoms with Gasteiger partial charge in [-0.1, -0.05) is 0 Å². The van der Waals surface area contributed by atoms with Crippen molar-refractivity contribution in [1.82, 2.24) is 25.9 Å². The summed E-state index contributed by atoms with van der Waals surface area (Å²) in [4.78, 5) is 21.1. The molecular weight excluding hydrogens is 164 g/mol. The molecule has 0 aliphatic rings. The zero-order valence-electron chi connectivity index (χ0n) is 5.94. The number of primary amides is 1. The number of nitrogens with zero attached hydrogens (tertiary/aromatic N) is 3. The molecule has 8 nitrogen and oxygen atoms in total. The number of hydrogen-bond donors (Lipinski definition) is 3. The third kappa shape index (κ3) is 2.01. The summed E-state index contributed by atoms with van der Waals surface area (Å²) >= 11 is 0. The maximum absolute atomic E-state index is 10.9. The van der Waals surface area contributed by atoms with Crippen LogP contribution in [0.5, 0.6) is 0 Å². The number of carbonyl (C=O) groups excluding carboxylic acids is 2. The van der Waals surface area contributed by atoms with Crippen LogP contribution < -0.4 is 11.1 Å². The number of aromatic amines is 1. The minimum absolute atomic E-state index is 0.128. The van der Waals surface area contributed by atoms with Gasteiger partial charge in [0.15, 0.2) is 0 Å². The predicted octanol–water partition coefficient (Wildman–Crippen LogP) is -2.59. The molecule has 1 aromatic rings. The summed E-state index contributed by atoms with van der Waals surface area (Å²) in [6.07, 6.45) is 0. The van der Waals surface area contributed by atoms with Gasteiger partial charge in [0.05, 0.1) is 6.54 Å². The molecule has 0 bridgehead atoms. The molecule has 0 aromatic carbocycles. The summed E-state index contributed by atoms with van der Waals surface area (Å²) in [5.41, 5.74) is 4.78. The molecule has 0 radical (unpaired) electrons. The first-order valence-corrected chi connectivity index (χ1v) is 3.00. The van der Waals surface area contributed by atoms with E-state index in [1.54, 1.807) is 0 Å². The highest BCUT2D eigenvalue weighted by atomic mass is 16.2. The number of carbonyl (C=O) groups is 2. The van der Waals surface area contributed by atoms with Crippen LogP contribution >= 0.6 is 0 Å². The maximum atomic E-state index is 10.9. The van der Waals surface area contributed by atoms with Crippen molar-refractivity contribution in [3.05, 3.63) is 5.82 Å². The Labute approximate surface area is 66.5 Å². The second kappa shape index (κ2) is 3.42. The van der Waals surface area contributed by atoms with E-state index in [1.807, 2.05) is 0 Å². The number of nitrogens with two attached hydrogens (primary N) is 1. The van der Waals surface area contributed by atoms with E-state index in [4.69, 9.17) is 5.73 Å². The van der Waals surface area contributed by atoms with Crippen LogP contribution in [0.2, 0.25) is 0 Å².